The maximum absolute atomic E-state index is 12.3. The molecule has 2 N–H and O–H groups in total. The van der Waals surface area contributed by atoms with E-state index in [0.29, 0.717) is 22.5 Å². The van der Waals surface area contributed by atoms with Crippen molar-refractivity contribution in [3.05, 3.63) is 23.2 Å². The van der Waals surface area contributed by atoms with Crippen LogP contribution in [0.25, 0.3) is 0 Å². The summed E-state index contributed by atoms with van der Waals surface area (Å²) in [4.78, 5) is 12.3. The van der Waals surface area contributed by atoms with E-state index in [4.69, 9.17) is 16.3 Å². The van der Waals surface area contributed by atoms with Crippen LogP contribution in [0.2, 0.25) is 5.02 Å². The van der Waals surface area contributed by atoms with Gasteiger partial charge < -0.3 is 15.4 Å². The fraction of sp³-hybridized carbons (Fsp3) is 0.562. The number of carbonyl (C=O) groups is 1. The second kappa shape index (κ2) is 7.14. The molecule has 116 valence electrons. The van der Waals surface area contributed by atoms with Crippen molar-refractivity contribution < 1.29 is 9.53 Å². The van der Waals surface area contributed by atoms with E-state index in [0.717, 1.165) is 19.4 Å². The number of piperidine rings is 1. The molecule has 2 unspecified atom stereocenters. The van der Waals surface area contributed by atoms with Crippen molar-refractivity contribution in [3.63, 3.8) is 0 Å². The lowest BCUT2D eigenvalue weighted by molar-refractivity contribution is -0.120. The van der Waals surface area contributed by atoms with E-state index in [-0.39, 0.29) is 17.9 Å². The molecule has 1 heterocycles. The highest BCUT2D eigenvalue weighted by Crippen LogP contribution is 2.29. The Bertz CT molecular complexity index is 505. The number of ether oxygens (including phenoxy) is 1. The molecule has 2 atom stereocenters. The van der Waals surface area contributed by atoms with E-state index in [9.17, 15) is 4.79 Å². The minimum absolute atomic E-state index is 0.0617. The van der Waals surface area contributed by atoms with Crippen LogP contribution in [0.4, 0.5) is 5.69 Å². The highest BCUT2D eigenvalue weighted by Gasteiger charge is 2.24. The predicted octanol–water partition coefficient (Wildman–Crippen LogP) is 3.45. The zero-order valence-electron chi connectivity index (χ0n) is 12.8. The first-order valence-corrected chi connectivity index (χ1v) is 7.84. The lowest BCUT2D eigenvalue weighted by Gasteiger charge is -2.27. The first-order chi connectivity index (χ1) is 9.95. The number of nitrogens with one attached hydrogen (secondary N) is 2. The Hall–Kier alpha value is -1.26. The summed E-state index contributed by atoms with van der Waals surface area (Å²) < 4.78 is 5.58. The van der Waals surface area contributed by atoms with Gasteiger partial charge in [-0.2, -0.15) is 0 Å². The summed E-state index contributed by atoms with van der Waals surface area (Å²) in [7, 11) is 0. The van der Waals surface area contributed by atoms with E-state index < -0.39 is 0 Å². The van der Waals surface area contributed by atoms with Crippen molar-refractivity contribution >= 4 is 23.2 Å². The summed E-state index contributed by atoms with van der Waals surface area (Å²) >= 11 is 6.18. The van der Waals surface area contributed by atoms with Gasteiger partial charge in [-0.05, 0) is 58.4 Å². The topological polar surface area (TPSA) is 50.4 Å². The van der Waals surface area contributed by atoms with E-state index >= 15 is 0 Å². The number of carbonyl (C=O) groups excluding carboxylic acids is 1. The van der Waals surface area contributed by atoms with Gasteiger partial charge in [-0.15, -0.1) is 0 Å². The third-order valence-electron chi connectivity index (χ3n) is 3.56. The van der Waals surface area contributed by atoms with E-state index in [1.807, 2.05) is 19.9 Å². The number of halogens is 1. The van der Waals surface area contributed by atoms with Crippen LogP contribution in [-0.4, -0.2) is 24.6 Å². The molecular weight excluding hydrogens is 288 g/mol. The Morgan fingerprint density at radius 3 is 2.86 bits per heavy atom. The Labute approximate surface area is 131 Å². The van der Waals surface area contributed by atoms with Crippen LogP contribution in [0, 0.1) is 5.92 Å². The summed E-state index contributed by atoms with van der Waals surface area (Å²) in [5.74, 6) is 0.767. The van der Waals surface area contributed by atoms with Gasteiger partial charge in [0.05, 0.1) is 11.1 Å². The van der Waals surface area contributed by atoms with Gasteiger partial charge in [-0.3, -0.25) is 4.79 Å². The number of amides is 1. The van der Waals surface area contributed by atoms with Gasteiger partial charge in [-0.25, -0.2) is 0 Å². The van der Waals surface area contributed by atoms with Gasteiger partial charge in [0.15, 0.2) is 0 Å². The molecule has 21 heavy (non-hydrogen) atoms. The zero-order chi connectivity index (χ0) is 15.4. The molecular formula is C16H23ClN2O2. The number of anilines is 1. The Kier molecular flexibility index (Phi) is 5.48. The summed E-state index contributed by atoms with van der Waals surface area (Å²) in [5, 5.41) is 6.81. The van der Waals surface area contributed by atoms with Crippen molar-refractivity contribution in [2.24, 2.45) is 5.92 Å². The molecule has 2 rings (SSSR count). The van der Waals surface area contributed by atoms with Crippen molar-refractivity contribution in [1.29, 1.82) is 0 Å². The molecule has 4 nitrogen and oxygen atoms in total. The molecule has 5 heteroatoms. The monoisotopic (exact) mass is 310 g/mol. The van der Waals surface area contributed by atoms with Gasteiger partial charge in [0.25, 0.3) is 0 Å². The smallest absolute Gasteiger partial charge is 0.227 e. The minimum atomic E-state index is 0.0617. The highest BCUT2D eigenvalue weighted by molar-refractivity contribution is 6.32. The zero-order valence-corrected chi connectivity index (χ0v) is 13.5. The number of benzene rings is 1. The number of rotatable bonds is 4. The van der Waals surface area contributed by atoms with Crippen LogP contribution in [-0.2, 0) is 4.79 Å². The highest BCUT2D eigenvalue weighted by atomic mass is 35.5. The summed E-state index contributed by atoms with van der Waals surface area (Å²) in [6.45, 7) is 6.89. The standard InChI is InChI=1S/C16H23ClN2O2/c1-10(2)21-15-5-4-13(9-14(15)17)19-16(20)12-6-7-18-11(3)8-12/h4-5,9-12,18H,6-8H2,1-3H3,(H,19,20). The first-order valence-electron chi connectivity index (χ1n) is 7.46. The van der Waals surface area contributed by atoms with Gasteiger partial charge in [-0.1, -0.05) is 11.6 Å². The number of hydrogen-bond donors (Lipinski definition) is 2. The van der Waals surface area contributed by atoms with E-state index in [1.54, 1.807) is 12.1 Å². The maximum atomic E-state index is 12.3. The second-order valence-corrected chi connectivity index (χ2v) is 6.28. The fourth-order valence-corrected chi connectivity index (χ4v) is 2.77. The summed E-state index contributed by atoms with van der Waals surface area (Å²) in [6.07, 6.45) is 1.81. The average molecular weight is 311 g/mol. The van der Waals surface area contributed by atoms with Gasteiger partial charge in [0.2, 0.25) is 5.91 Å². The normalized spacial score (nSPS) is 22.1. The maximum Gasteiger partial charge on any atom is 0.227 e. The molecule has 1 aromatic rings. The average Bonchev–Trinajstić information content (AvgIpc) is 2.41. The van der Waals surface area contributed by atoms with Crippen molar-refractivity contribution in [2.45, 2.75) is 45.8 Å². The van der Waals surface area contributed by atoms with Crippen LogP contribution >= 0.6 is 11.6 Å². The van der Waals surface area contributed by atoms with Crippen LogP contribution in [0.5, 0.6) is 5.75 Å². The Morgan fingerprint density at radius 2 is 2.24 bits per heavy atom. The quantitative estimate of drug-likeness (QED) is 0.895. The molecule has 0 bridgehead atoms. The lowest BCUT2D eigenvalue weighted by Crippen LogP contribution is -2.40. The molecule has 1 aliphatic rings. The van der Waals surface area contributed by atoms with E-state index in [1.165, 1.54) is 0 Å². The second-order valence-electron chi connectivity index (χ2n) is 5.88. The third kappa shape index (κ3) is 4.61. The molecule has 1 aliphatic heterocycles. The van der Waals surface area contributed by atoms with Crippen molar-refractivity contribution in [1.82, 2.24) is 5.32 Å². The molecule has 1 fully saturated rings. The van der Waals surface area contributed by atoms with Gasteiger partial charge in [0, 0.05) is 17.6 Å². The number of hydrogen-bond acceptors (Lipinski definition) is 3. The molecule has 1 aromatic carbocycles. The fourth-order valence-electron chi connectivity index (χ4n) is 2.54. The van der Waals surface area contributed by atoms with Gasteiger partial charge >= 0.3 is 0 Å². The molecule has 0 aliphatic carbocycles. The summed E-state index contributed by atoms with van der Waals surface area (Å²) in [5.41, 5.74) is 0.715. The van der Waals surface area contributed by atoms with Crippen LogP contribution in [0.3, 0.4) is 0 Å². The van der Waals surface area contributed by atoms with Crippen LogP contribution in [0.15, 0.2) is 18.2 Å². The third-order valence-corrected chi connectivity index (χ3v) is 3.85. The Balaban J connectivity index is 1.99. The molecule has 0 aromatic heterocycles. The Morgan fingerprint density at radius 1 is 1.48 bits per heavy atom. The molecule has 0 radical (unpaired) electrons. The molecule has 1 saturated heterocycles. The summed E-state index contributed by atoms with van der Waals surface area (Å²) in [6, 6.07) is 5.75. The SMILES string of the molecule is CC1CC(C(=O)Nc2ccc(OC(C)C)c(Cl)c2)CCN1. The van der Waals surface area contributed by atoms with Crippen LogP contribution in [0.1, 0.15) is 33.6 Å². The lowest BCUT2D eigenvalue weighted by atomic mass is 9.92. The molecule has 0 spiro atoms. The predicted molar refractivity (Wildman–Crippen MR) is 86.0 cm³/mol. The molecule has 1 amide bonds. The minimum Gasteiger partial charge on any atom is -0.489 e. The van der Waals surface area contributed by atoms with Crippen LogP contribution < -0.4 is 15.4 Å². The first kappa shape index (κ1) is 16.1. The van der Waals surface area contributed by atoms with Crippen molar-refractivity contribution in [2.75, 3.05) is 11.9 Å². The van der Waals surface area contributed by atoms with Crippen molar-refractivity contribution in [3.8, 4) is 5.75 Å². The molecule has 0 saturated carbocycles. The van der Waals surface area contributed by atoms with E-state index in [2.05, 4.69) is 17.6 Å². The largest absolute Gasteiger partial charge is 0.489 e. The van der Waals surface area contributed by atoms with Gasteiger partial charge in [0.1, 0.15) is 5.75 Å².